The van der Waals surface area contributed by atoms with Gasteiger partial charge in [-0.15, -0.1) is 0 Å². The summed E-state index contributed by atoms with van der Waals surface area (Å²) in [6, 6.07) is 3.40. The van der Waals surface area contributed by atoms with Gasteiger partial charge in [0, 0.05) is 12.1 Å². The van der Waals surface area contributed by atoms with Crippen molar-refractivity contribution >= 4 is 27.3 Å². The molecule has 0 spiro atoms. The van der Waals surface area contributed by atoms with Crippen LogP contribution in [0.4, 0.5) is 5.69 Å². The Morgan fingerprint density at radius 2 is 1.90 bits per heavy atom. The SMILES string of the molecule is CC1CCC(NS(=O)(=O)c2ccc(Cl)c([N+](=O)[O-])c2)CC1. The molecule has 0 saturated heterocycles. The topological polar surface area (TPSA) is 89.3 Å². The second kappa shape index (κ2) is 6.29. The molecule has 0 bridgehead atoms. The third-order valence-corrected chi connectivity index (χ3v) is 5.60. The van der Waals surface area contributed by atoms with E-state index in [4.69, 9.17) is 11.6 Å². The molecule has 1 fully saturated rings. The lowest BCUT2D eigenvalue weighted by Crippen LogP contribution is -2.37. The van der Waals surface area contributed by atoms with Gasteiger partial charge in [-0.2, -0.15) is 0 Å². The van der Waals surface area contributed by atoms with Crippen LogP contribution in [0.3, 0.4) is 0 Å². The monoisotopic (exact) mass is 332 g/mol. The summed E-state index contributed by atoms with van der Waals surface area (Å²) in [4.78, 5) is 10.0. The van der Waals surface area contributed by atoms with E-state index in [9.17, 15) is 18.5 Å². The molecule has 1 aromatic carbocycles. The first-order valence-corrected chi connectivity index (χ1v) is 8.62. The standard InChI is InChI=1S/C13H17ClN2O4S/c1-9-2-4-10(5-3-9)15-21(19,20)11-6-7-12(14)13(8-11)16(17)18/h6-10,15H,2-5H2,1H3. The number of hydrogen-bond donors (Lipinski definition) is 1. The molecular formula is C13H17ClN2O4S. The number of nitrogens with zero attached hydrogens (tertiary/aromatic N) is 1. The highest BCUT2D eigenvalue weighted by molar-refractivity contribution is 7.89. The molecule has 1 aliphatic rings. The Morgan fingerprint density at radius 1 is 1.29 bits per heavy atom. The molecule has 1 saturated carbocycles. The van der Waals surface area contributed by atoms with Crippen molar-refractivity contribution in [3.05, 3.63) is 33.3 Å². The Bertz CT molecular complexity index is 640. The lowest BCUT2D eigenvalue weighted by Gasteiger charge is -2.26. The maximum absolute atomic E-state index is 12.3. The Kier molecular flexibility index (Phi) is 4.85. The second-order valence-electron chi connectivity index (χ2n) is 5.45. The smallest absolute Gasteiger partial charge is 0.258 e. The van der Waals surface area contributed by atoms with Gasteiger partial charge in [0.15, 0.2) is 0 Å². The molecule has 0 aliphatic heterocycles. The van der Waals surface area contributed by atoms with E-state index < -0.39 is 20.6 Å². The summed E-state index contributed by atoms with van der Waals surface area (Å²) in [7, 11) is -3.76. The van der Waals surface area contributed by atoms with Gasteiger partial charge < -0.3 is 0 Å². The predicted octanol–water partition coefficient (Wildman–Crippen LogP) is 3.11. The molecule has 21 heavy (non-hydrogen) atoms. The molecule has 6 nitrogen and oxygen atoms in total. The molecule has 2 rings (SSSR count). The Morgan fingerprint density at radius 3 is 2.48 bits per heavy atom. The van der Waals surface area contributed by atoms with Crippen molar-refractivity contribution in [3.63, 3.8) is 0 Å². The molecule has 0 aromatic heterocycles. The van der Waals surface area contributed by atoms with E-state index in [0.29, 0.717) is 5.92 Å². The summed E-state index contributed by atoms with van der Waals surface area (Å²) in [6.07, 6.45) is 3.54. The molecular weight excluding hydrogens is 316 g/mol. The average Bonchev–Trinajstić information content (AvgIpc) is 2.41. The van der Waals surface area contributed by atoms with Crippen molar-refractivity contribution in [1.29, 1.82) is 0 Å². The van der Waals surface area contributed by atoms with E-state index in [1.54, 1.807) is 0 Å². The van der Waals surface area contributed by atoms with Gasteiger partial charge in [0.05, 0.1) is 9.82 Å². The fraction of sp³-hybridized carbons (Fsp3) is 0.538. The van der Waals surface area contributed by atoms with E-state index in [1.165, 1.54) is 12.1 Å². The van der Waals surface area contributed by atoms with E-state index in [1.807, 2.05) is 0 Å². The lowest BCUT2D eigenvalue weighted by atomic mass is 9.88. The molecule has 8 heteroatoms. The number of nitro benzene ring substituents is 1. The zero-order chi connectivity index (χ0) is 15.6. The first kappa shape index (κ1) is 16.2. The van der Waals surface area contributed by atoms with Gasteiger partial charge in [-0.05, 0) is 43.7 Å². The molecule has 0 unspecified atom stereocenters. The summed E-state index contributed by atoms with van der Waals surface area (Å²) in [5.41, 5.74) is -0.406. The first-order chi connectivity index (χ1) is 9.79. The largest absolute Gasteiger partial charge is 0.289 e. The number of hydrogen-bond acceptors (Lipinski definition) is 4. The van der Waals surface area contributed by atoms with Gasteiger partial charge in [0.25, 0.3) is 5.69 Å². The molecule has 0 heterocycles. The van der Waals surface area contributed by atoms with Crippen LogP contribution in [-0.2, 0) is 10.0 Å². The number of nitrogens with one attached hydrogen (secondary N) is 1. The molecule has 116 valence electrons. The highest BCUT2D eigenvalue weighted by Crippen LogP contribution is 2.28. The number of sulfonamides is 1. The lowest BCUT2D eigenvalue weighted by molar-refractivity contribution is -0.384. The maximum atomic E-state index is 12.3. The zero-order valence-corrected chi connectivity index (χ0v) is 13.2. The van der Waals surface area contributed by atoms with E-state index in [2.05, 4.69) is 11.6 Å². The van der Waals surface area contributed by atoms with Crippen LogP contribution >= 0.6 is 11.6 Å². The molecule has 1 N–H and O–H groups in total. The molecule has 1 aromatic rings. The fourth-order valence-electron chi connectivity index (χ4n) is 2.46. The summed E-state index contributed by atoms with van der Waals surface area (Å²) < 4.78 is 27.2. The van der Waals surface area contributed by atoms with Crippen LogP contribution in [0, 0.1) is 16.0 Å². The van der Waals surface area contributed by atoms with Gasteiger partial charge in [-0.25, -0.2) is 13.1 Å². The Balaban J connectivity index is 2.20. The predicted molar refractivity (Wildman–Crippen MR) is 79.8 cm³/mol. The van der Waals surface area contributed by atoms with Crippen molar-refractivity contribution in [2.75, 3.05) is 0 Å². The summed E-state index contributed by atoms with van der Waals surface area (Å²) in [6.45, 7) is 2.15. The summed E-state index contributed by atoms with van der Waals surface area (Å²) in [5, 5.41) is 10.8. The number of benzene rings is 1. The highest BCUT2D eigenvalue weighted by Gasteiger charge is 2.26. The Labute approximate surface area is 128 Å². The van der Waals surface area contributed by atoms with Gasteiger partial charge >= 0.3 is 0 Å². The number of halogens is 1. The van der Waals surface area contributed by atoms with Crippen molar-refractivity contribution in [1.82, 2.24) is 4.72 Å². The van der Waals surface area contributed by atoms with Crippen molar-refractivity contribution in [2.45, 2.75) is 43.5 Å². The van der Waals surface area contributed by atoms with Crippen LogP contribution in [0.2, 0.25) is 5.02 Å². The summed E-state index contributed by atoms with van der Waals surface area (Å²) >= 11 is 5.69. The van der Waals surface area contributed by atoms with Gasteiger partial charge in [-0.3, -0.25) is 10.1 Å². The molecule has 1 aliphatic carbocycles. The molecule has 0 amide bonds. The minimum atomic E-state index is -3.76. The van der Waals surface area contributed by atoms with Crippen molar-refractivity contribution in [3.8, 4) is 0 Å². The van der Waals surface area contributed by atoms with Crippen LogP contribution in [-0.4, -0.2) is 19.4 Å². The van der Waals surface area contributed by atoms with Crippen LogP contribution < -0.4 is 4.72 Å². The second-order valence-corrected chi connectivity index (χ2v) is 7.57. The maximum Gasteiger partial charge on any atom is 0.289 e. The van der Waals surface area contributed by atoms with Gasteiger partial charge in [-0.1, -0.05) is 18.5 Å². The van der Waals surface area contributed by atoms with Crippen molar-refractivity contribution < 1.29 is 13.3 Å². The normalized spacial score (nSPS) is 23.0. The molecule has 0 radical (unpaired) electrons. The minimum absolute atomic E-state index is 0.0783. The highest BCUT2D eigenvalue weighted by atomic mass is 35.5. The fourth-order valence-corrected chi connectivity index (χ4v) is 3.98. The first-order valence-electron chi connectivity index (χ1n) is 6.76. The van der Waals surface area contributed by atoms with E-state index in [0.717, 1.165) is 31.7 Å². The third kappa shape index (κ3) is 3.93. The quantitative estimate of drug-likeness (QED) is 0.677. The van der Waals surface area contributed by atoms with E-state index in [-0.39, 0.29) is 16.0 Å². The average molecular weight is 333 g/mol. The number of rotatable bonds is 4. The van der Waals surface area contributed by atoms with Crippen LogP contribution in [0.15, 0.2) is 23.1 Å². The van der Waals surface area contributed by atoms with Gasteiger partial charge in [0.1, 0.15) is 5.02 Å². The summed E-state index contributed by atoms with van der Waals surface area (Å²) in [5.74, 6) is 0.613. The van der Waals surface area contributed by atoms with E-state index >= 15 is 0 Å². The Hall–Kier alpha value is -1.18. The molecule has 0 atom stereocenters. The van der Waals surface area contributed by atoms with Gasteiger partial charge in [0.2, 0.25) is 10.0 Å². The van der Waals surface area contributed by atoms with Crippen LogP contribution in [0.1, 0.15) is 32.6 Å². The van der Waals surface area contributed by atoms with Crippen LogP contribution in [0.25, 0.3) is 0 Å². The zero-order valence-electron chi connectivity index (χ0n) is 11.6. The third-order valence-electron chi connectivity index (χ3n) is 3.76. The minimum Gasteiger partial charge on any atom is -0.258 e. The van der Waals surface area contributed by atoms with Crippen LogP contribution in [0.5, 0.6) is 0 Å². The van der Waals surface area contributed by atoms with Crippen molar-refractivity contribution in [2.24, 2.45) is 5.92 Å². The number of nitro groups is 1.